The maximum atomic E-state index is 11.3. The summed E-state index contributed by atoms with van der Waals surface area (Å²) >= 11 is 0. The first kappa shape index (κ1) is 13.5. The molecule has 3 N–H and O–H groups in total. The number of rotatable bonds is 4. The summed E-state index contributed by atoms with van der Waals surface area (Å²) in [5.74, 6) is -1.09. The molecule has 0 fully saturated rings. The SMILES string of the molecule is C[C@H](NC(=O)NCc1ccc(C#N)cc1)C(=O)O. The van der Waals surface area contributed by atoms with Crippen molar-refractivity contribution in [2.45, 2.75) is 19.5 Å². The molecule has 0 saturated carbocycles. The quantitative estimate of drug-likeness (QED) is 0.733. The zero-order valence-electron chi connectivity index (χ0n) is 9.80. The number of benzene rings is 1. The van der Waals surface area contributed by atoms with Gasteiger partial charge in [-0.3, -0.25) is 4.79 Å². The van der Waals surface area contributed by atoms with Crippen LogP contribution in [0.2, 0.25) is 0 Å². The van der Waals surface area contributed by atoms with Gasteiger partial charge >= 0.3 is 12.0 Å². The second-order valence-corrected chi connectivity index (χ2v) is 3.70. The molecule has 18 heavy (non-hydrogen) atoms. The fourth-order valence-electron chi connectivity index (χ4n) is 1.19. The van der Waals surface area contributed by atoms with E-state index in [1.54, 1.807) is 24.3 Å². The fraction of sp³-hybridized carbons (Fsp3) is 0.250. The number of carbonyl (C=O) groups is 2. The van der Waals surface area contributed by atoms with Gasteiger partial charge in [0.15, 0.2) is 0 Å². The molecule has 0 unspecified atom stereocenters. The molecule has 0 spiro atoms. The Kier molecular flexibility index (Phi) is 4.69. The third-order valence-electron chi connectivity index (χ3n) is 2.25. The largest absolute Gasteiger partial charge is 0.480 e. The molecule has 0 heterocycles. The first-order valence-electron chi connectivity index (χ1n) is 5.29. The maximum Gasteiger partial charge on any atom is 0.325 e. The van der Waals surface area contributed by atoms with Crippen molar-refractivity contribution in [3.8, 4) is 6.07 Å². The summed E-state index contributed by atoms with van der Waals surface area (Å²) in [7, 11) is 0. The molecule has 0 aliphatic heterocycles. The maximum absolute atomic E-state index is 11.3. The van der Waals surface area contributed by atoms with Crippen molar-refractivity contribution < 1.29 is 14.7 Å². The number of nitriles is 1. The van der Waals surface area contributed by atoms with E-state index in [-0.39, 0.29) is 6.54 Å². The minimum atomic E-state index is -1.09. The summed E-state index contributed by atoms with van der Waals surface area (Å²) < 4.78 is 0. The molecule has 0 aliphatic rings. The standard InChI is InChI=1S/C12H13N3O3/c1-8(11(16)17)15-12(18)14-7-10-4-2-9(6-13)3-5-10/h2-5,8H,7H2,1H3,(H,16,17)(H2,14,15,18)/t8-/m0/s1. The topological polar surface area (TPSA) is 102 Å². The van der Waals surface area contributed by atoms with Crippen LogP contribution in [0.4, 0.5) is 4.79 Å². The zero-order chi connectivity index (χ0) is 13.5. The molecule has 0 bridgehead atoms. The van der Waals surface area contributed by atoms with E-state index in [0.717, 1.165) is 5.56 Å². The third-order valence-corrected chi connectivity index (χ3v) is 2.25. The van der Waals surface area contributed by atoms with Crippen LogP contribution in [0.5, 0.6) is 0 Å². The molecule has 1 rings (SSSR count). The van der Waals surface area contributed by atoms with Crippen LogP contribution in [0.15, 0.2) is 24.3 Å². The molecule has 94 valence electrons. The van der Waals surface area contributed by atoms with Gasteiger partial charge in [0.05, 0.1) is 11.6 Å². The molecule has 6 nitrogen and oxygen atoms in total. The zero-order valence-corrected chi connectivity index (χ0v) is 9.80. The summed E-state index contributed by atoms with van der Waals surface area (Å²) in [4.78, 5) is 21.8. The normalized spacial score (nSPS) is 11.1. The minimum absolute atomic E-state index is 0.268. The number of nitrogens with one attached hydrogen (secondary N) is 2. The Labute approximate surface area is 104 Å². The Morgan fingerprint density at radius 2 is 2.00 bits per heavy atom. The molecule has 0 saturated heterocycles. The average Bonchev–Trinajstić information content (AvgIpc) is 2.36. The highest BCUT2D eigenvalue weighted by atomic mass is 16.4. The Balaban J connectivity index is 2.43. The third kappa shape index (κ3) is 4.14. The van der Waals surface area contributed by atoms with Crippen LogP contribution in [-0.4, -0.2) is 23.1 Å². The lowest BCUT2D eigenvalue weighted by Crippen LogP contribution is -2.44. The van der Waals surface area contributed by atoms with Crippen LogP contribution in [0.25, 0.3) is 0 Å². The molecule has 0 aromatic heterocycles. The number of nitrogens with zero attached hydrogens (tertiary/aromatic N) is 1. The molecule has 0 aliphatic carbocycles. The lowest BCUT2D eigenvalue weighted by Gasteiger charge is -2.10. The van der Waals surface area contributed by atoms with Gasteiger partial charge in [-0.15, -0.1) is 0 Å². The molecule has 0 radical (unpaired) electrons. The number of aliphatic carboxylic acids is 1. The average molecular weight is 247 g/mol. The van der Waals surface area contributed by atoms with E-state index in [2.05, 4.69) is 10.6 Å². The van der Waals surface area contributed by atoms with Gasteiger partial charge in [0, 0.05) is 6.54 Å². The van der Waals surface area contributed by atoms with E-state index in [0.29, 0.717) is 5.56 Å². The number of carbonyl (C=O) groups excluding carboxylic acids is 1. The van der Waals surface area contributed by atoms with E-state index in [9.17, 15) is 9.59 Å². The van der Waals surface area contributed by atoms with Crippen molar-refractivity contribution in [3.63, 3.8) is 0 Å². The summed E-state index contributed by atoms with van der Waals surface area (Å²) in [5.41, 5.74) is 1.37. The van der Waals surface area contributed by atoms with Crippen molar-refractivity contribution in [3.05, 3.63) is 35.4 Å². The predicted molar refractivity (Wildman–Crippen MR) is 63.6 cm³/mol. The molecule has 1 aromatic rings. The van der Waals surface area contributed by atoms with Crippen LogP contribution in [0.3, 0.4) is 0 Å². The molecular weight excluding hydrogens is 234 g/mol. The lowest BCUT2D eigenvalue weighted by molar-refractivity contribution is -0.138. The smallest absolute Gasteiger partial charge is 0.325 e. The van der Waals surface area contributed by atoms with Crippen LogP contribution in [0.1, 0.15) is 18.1 Å². The number of carboxylic acids is 1. The highest BCUT2D eigenvalue weighted by Crippen LogP contribution is 2.02. The van der Waals surface area contributed by atoms with Gasteiger partial charge in [-0.1, -0.05) is 12.1 Å². The van der Waals surface area contributed by atoms with Crippen LogP contribution in [0, 0.1) is 11.3 Å². The highest BCUT2D eigenvalue weighted by molar-refractivity contribution is 5.82. The van der Waals surface area contributed by atoms with Crippen LogP contribution >= 0.6 is 0 Å². The Hall–Kier alpha value is -2.55. The van der Waals surface area contributed by atoms with Gasteiger partial charge in [-0.25, -0.2) is 4.79 Å². The summed E-state index contributed by atoms with van der Waals surface area (Å²) in [6.45, 7) is 1.65. The number of hydrogen-bond acceptors (Lipinski definition) is 3. The first-order chi connectivity index (χ1) is 8.52. The minimum Gasteiger partial charge on any atom is -0.480 e. The van der Waals surface area contributed by atoms with Crippen molar-refractivity contribution in [1.82, 2.24) is 10.6 Å². The molecule has 6 heteroatoms. The van der Waals surface area contributed by atoms with Gasteiger partial charge in [0.2, 0.25) is 0 Å². The van der Waals surface area contributed by atoms with E-state index >= 15 is 0 Å². The van der Waals surface area contributed by atoms with Gasteiger partial charge in [0.1, 0.15) is 6.04 Å². The highest BCUT2D eigenvalue weighted by Gasteiger charge is 2.13. The lowest BCUT2D eigenvalue weighted by atomic mass is 10.1. The van der Waals surface area contributed by atoms with Gasteiger partial charge in [-0.05, 0) is 24.6 Å². The van der Waals surface area contributed by atoms with Crippen molar-refractivity contribution in [2.75, 3.05) is 0 Å². The van der Waals surface area contributed by atoms with E-state index in [1.807, 2.05) is 6.07 Å². The van der Waals surface area contributed by atoms with Gasteiger partial charge < -0.3 is 15.7 Å². The van der Waals surface area contributed by atoms with E-state index in [4.69, 9.17) is 10.4 Å². The molecular formula is C12H13N3O3. The number of hydrogen-bond donors (Lipinski definition) is 3. The molecule has 1 aromatic carbocycles. The van der Waals surface area contributed by atoms with Crippen molar-refractivity contribution in [2.24, 2.45) is 0 Å². The van der Waals surface area contributed by atoms with E-state index < -0.39 is 18.0 Å². The summed E-state index contributed by atoms with van der Waals surface area (Å²) in [6, 6.07) is 7.25. The summed E-state index contributed by atoms with van der Waals surface area (Å²) in [5, 5.41) is 22.0. The predicted octanol–water partition coefficient (Wildman–Crippen LogP) is 0.831. The second kappa shape index (κ2) is 6.25. The molecule has 1 atom stereocenters. The Morgan fingerprint density at radius 1 is 1.39 bits per heavy atom. The number of urea groups is 1. The van der Waals surface area contributed by atoms with Crippen LogP contribution in [-0.2, 0) is 11.3 Å². The number of carboxylic acid groups (broad SMARTS) is 1. The van der Waals surface area contributed by atoms with Crippen molar-refractivity contribution in [1.29, 1.82) is 5.26 Å². The summed E-state index contributed by atoms with van der Waals surface area (Å²) in [6.07, 6.45) is 0. The van der Waals surface area contributed by atoms with Gasteiger partial charge in [-0.2, -0.15) is 5.26 Å². The Morgan fingerprint density at radius 3 is 2.50 bits per heavy atom. The van der Waals surface area contributed by atoms with Crippen molar-refractivity contribution >= 4 is 12.0 Å². The first-order valence-corrected chi connectivity index (χ1v) is 5.29. The number of amides is 2. The molecule has 2 amide bonds. The Bertz CT molecular complexity index is 476. The fourth-order valence-corrected chi connectivity index (χ4v) is 1.19. The second-order valence-electron chi connectivity index (χ2n) is 3.70. The monoisotopic (exact) mass is 247 g/mol. The van der Waals surface area contributed by atoms with Crippen LogP contribution < -0.4 is 10.6 Å². The van der Waals surface area contributed by atoms with Gasteiger partial charge in [0.25, 0.3) is 0 Å². The van der Waals surface area contributed by atoms with E-state index in [1.165, 1.54) is 6.92 Å².